The fourth-order valence-corrected chi connectivity index (χ4v) is 1.08. The molecular formula is C8H6N2O2. The number of amides is 1. The molecule has 0 saturated carbocycles. The molecule has 1 heterocycles. The van der Waals surface area contributed by atoms with Crippen molar-refractivity contribution in [1.82, 2.24) is 5.16 Å². The van der Waals surface area contributed by atoms with E-state index in [4.69, 9.17) is 4.52 Å². The van der Waals surface area contributed by atoms with Gasteiger partial charge in [-0.15, -0.1) is 0 Å². The first-order valence-electron chi connectivity index (χ1n) is 3.45. The van der Waals surface area contributed by atoms with Gasteiger partial charge in [-0.2, -0.15) is 0 Å². The van der Waals surface area contributed by atoms with Crippen molar-refractivity contribution in [3.63, 3.8) is 0 Å². The van der Waals surface area contributed by atoms with Crippen LogP contribution in [0.2, 0.25) is 0 Å². The van der Waals surface area contributed by atoms with Crippen molar-refractivity contribution in [2.75, 3.05) is 5.32 Å². The average molecular weight is 162 g/mol. The second-order valence-corrected chi connectivity index (χ2v) is 2.31. The third-order valence-corrected chi connectivity index (χ3v) is 1.61. The highest BCUT2D eigenvalue weighted by atomic mass is 16.5. The van der Waals surface area contributed by atoms with Crippen LogP contribution in [0.25, 0.3) is 11.0 Å². The number of nitrogens with one attached hydrogen (secondary N) is 1. The summed E-state index contributed by atoms with van der Waals surface area (Å²) in [6, 6.07) is 5.37. The predicted molar refractivity (Wildman–Crippen MR) is 43.7 cm³/mol. The van der Waals surface area contributed by atoms with Crippen LogP contribution in [0.3, 0.4) is 0 Å². The first-order valence-corrected chi connectivity index (χ1v) is 3.45. The number of benzene rings is 1. The Morgan fingerprint density at radius 1 is 1.50 bits per heavy atom. The topological polar surface area (TPSA) is 55.1 Å². The van der Waals surface area contributed by atoms with Crippen molar-refractivity contribution in [3.8, 4) is 0 Å². The molecule has 0 radical (unpaired) electrons. The number of hydrogen-bond acceptors (Lipinski definition) is 3. The van der Waals surface area contributed by atoms with Crippen LogP contribution in [-0.4, -0.2) is 11.6 Å². The molecule has 0 atom stereocenters. The molecular weight excluding hydrogens is 156 g/mol. The first kappa shape index (κ1) is 6.84. The van der Waals surface area contributed by atoms with Crippen molar-refractivity contribution >= 4 is 23.1 Å². The lowest BCUT2D eigenvalue weighted by molar-refractivity contribution is -0.105. The van der Waals surface area contributed by atoms with Crippen LogP contribution in [-0.2, 0) is 4.79 Å². The Hall–Kier alpha value is -1.84. The molecule has 0 bridgehead atoms. The maximum absolute atomic E-state index is 10.2. The summed E-state index contributed by atoms with van der Waals surface area (Å²) in [4.78, 5) is 10.2. The molecule has 1 N–H and O–H groups in total. The fraction of sp³-hybridized carbons (Fsp3) is 0. The predicted octanol–water partition coefficient (Wildman–Crippen LogP) is 1.40. The molecule has 2 rings (SSSR count). The second-order valence-electron chi connectivity index (χ2n) is 2.31. The quantitative estimate of drug-likeness (QED) is 0.679. The molecule has 1 amide bonds. The number of anilines is 1. The Balaban J connectivity index is 2.65. The van der Waals surface area contributed by atoms with E-state index >= 15 is 0 Å². The third kappa shape index (κ3) is 0.934. The number of carbonyl (C=O) groups excluding carboxylic acids is 1. The number of hydrogen-bond donors (Lipinski definition) is 1. The van der Waals surface area contributed by atoms with E-state index in [-0.39, 0.29) is 0 Å². The molecule has 0 aliphatic rings. The van der Waals surface area contributed by atoms with Gasteiger partial charge >= 0.3 is 0 Å². The summed E-state index contributed by atoms with van der Waals surface area (Å²) in [6.07, 6.45) is 2.20. The van der Waals surface area contributed by atoms with Crippen molar-refractivity contribution in [3.05, 3.63) is 24.4 Å². The Morgan fingerprint density at radius 3 is 3.25 bits per heavy atom. The maximum atomic E-state index is 10.2. The first-order chi connectivity index (χ1) is 5.92. The minimum atomic E-state index is 0.627. The summed E-state index contributed by atoms with van der Waals surface area (Å²) in [6.45, 7) is 0. The SMILES string of the molecule is O=CNc1cccc2oncc12. The lowest BCUT2D eigenvalue weighted by Gasteiger charge is -1.96. The molecule has 60 valence electrons. The molecule has 0 aliphatic heterocycles. The largest absolute Gasteiger partial charge is 0.356 e. The van der Waals surface area contributed by atoms with E-state index in [0.29, 0.717) is 17.7 Å². The van der Waals surface area contributed by atoms with Gasteiger partial charge < -0.3 is 9.84 Å². The molecule has 1 aromatic heterocycles. The zero-order valence-corrected chi connectivity index (χ0v) is 6.15. The highest BCUT2D eigenvalue weighted by molar-refractivity contribution is 5.93. The minimum absolute atomic E-state index is 0.627. The minimum Gasteiger partial charge on any atom is -0.356 e. The van der Waals surface area contributed by atoms with Gasteiger partial charge in [0.1, 0.15) is 0 Å². The van der Waals surface area contributed by atoms with Crippen LogP contribution in [0.1, 0.15) is 0 Å². The van der Waals surface area contributed by atoms with Crippen LogP contribution >= 0.6 is 0 Å². The van der Waals surface area contributed by atoms with Crippen molar-refractivity contribution in [2.24, 2.45) is 0 Å². The molecule has 0 fully saturated rings. The molecule has 1 aromatic carbocycles. The van der Waals surface area contributed by atoms with Gasteiger partial charge in [0.15, 0.2) is 5.58 Å². The molecule has 4 nitrogen and oxygen atoms in total. The summed E-state index contributed by atoms with van der Waals surface area (Å²) in [5, 5.41) is 6.98. The summed E-state index contributed by atoms with van der Waals surface area (Å²) in [5.74, 6) is 0. The highest BCUT2D eigenvalue weighted by Gasteiger charge is 2.01. The number of aromatic nitrogens is 1. The van der Waals surface area contributed by atoms with Crippen molar-refractivity contribution in [1.29, 1.82) is 0 Å². The van der Waals surface area contributed by atoms with E-state index in [0.717, 1.165) is 5.39 Å². The van der Waals surface area contributed by atoms with E-state index in [9.17, 15) is 4.79 Å². The van der Waals surface area contributed by atoms with E-state index in [1.807, 2.05) is 0 Å². The summed E-state index contributed by atoms with van der Waals surface area (Å²) in [7, 11) is 0. The van der Waals surface area contributed by atoms with Gasteiger partial charge in [0, 0.05) is 0 Å². The van der Waals surface area contributed by atoms with Gasteiger partial charge in [-0.3, -0.25) is 4.79 Å². The van der Waals surface area contributed by atoms with Crippen LogP contribution in [0.15, 0.2) is 28.9 Å². The Morgan fingerprint density at radius 2 is 2.42 bits per heavy atom. The molecule has 0 unspecified atom stereocenters. The molecule has 12 heavy (non-hydrogen) atoms. The summed E-state index contributed by atoms with van der Waals surface area (Å²) in [5.41, 5.74) is 1.38. The third-order valence-electron chi connectivity index (χ3n) is 1.61. The van der Waals surface area contributed by atoms with Crippen molar-refractivity contribution in [2.45, 2.75) is 0 Å². The second kappa shape index (κ2) is 2.65. The standard InChI is InChI=1S/C8H6N2O2/c11-5-9-7-2-1-3-8-6(7)4-10-12-8/h1-5H,(H,9,11). The van der Waals surface area contributed by atoms with Crippen LogP contribution in [0, 0.1) is 0 Å². The maximum Gasteiger partial charge on any atom is 0.211 e. The van der Waals surface area contributed by atoms with Crippen molar-refractivity contribution < 1.29 is 9.32 Å². The fourth-order valence-electron chi connectivity index (χ4n) is 1.08. The Labute approximate surface area is 68.2 Å². The van der Waals surface area contributed by atoms with E-state index < -0.39 is 0 Å². The molecule has 0 spiro atoms. The zero-order valence-electron chi connectivity index (χ0n) is 6.15. The molecule has 4 heteroatoms. The zero-order chi connectivity index (χ0) is 8.39. The lowest BCUT2D eigenvalue weighted by atomic mass is 10.2. The van der Waals surface area contributed by atoms with Gasteiger partial charge in [0.05, 0.1) is 17.3 Å². The Kier molecular flexibility index (Phi) is 1.51. The number of carbonyl (C=O) groups is 1. The smallest absolute Gasteiger partial charge is 0.211 e. The van der Waals surface area contributed by atoms with Gasteiger partial charge in [0.25, 0.3) is 0 Å². The normalized spacial score (nSPS) is 10.0. The van der Waals surface area contributed by atoms with Gasteiger partial charge in [-0.1, -0.05) is 11.2 Å². The average Bonchev–Trinajstić information content (AvgIpc) is 2.53. The van der Waals surface area contributed by atoms with Crippen LogP contribution in [0.5, 0.6) is 0 Å². The van der Waals surface area contributed by atoms with Gasteiger partial charge in [-0.05, 0) is 12.1 Å². The summed E-state index contributed by atoms with van der Waals surface area (Å²) >= 11 is 0. The van der Waals surface area contributed by atoms with E-state index in [1.165, 1.54) is 0 Å². The molecule has 0 aliphatic carbocycles. The number of fused-ring (bicyclic) bond motifs is 1. The van der Waals surface area contributed by atoms with E-state index in [1.54, 1.807) is 24.4 Å². The lowest BCUT2D eigenvalue weighted by Crippen LogP contribution is -1.92. The van der Waals surface area contributed by atoms with Crippen LogP contribution < -0.4 is 5.32 Å². The monoisotopic (exact) mass is 162 g/mol. The Bertz CT molecular complexity index is 408. The van der Waals surface area contributed by atoms with Crippen LogP contribution in [0.4, 0.5) is 5.69 Å². The number of rotatable bonds is 2. The molecule has 2 aromatic rings. The molecule has 0 saturated heterocycles. The van der Waals surface area contributed by atoms with Gasteiger partial charge in [-0.25, -0.2) is 0 Å². The summed E-state index contributed by atoms with van der Waals surface area (Å²) < 4.78 is 4.90. The highest BCUT2D eigenvalue weighted by Crippen LogP contribution is 2.21. The van der Waals surface area contributed by atoms with E-state index in [2.05, 4.69) is 10.5 Å². The van der Waals surface area contributed by atoms with Gasteiger partial charge in [0.2, 0.25) is 6.41 Å². The number of nitrogens with zero attached hydrogens (tertiary/aromatic N) is 1.